The Morgan fingerprint density at radius 1 is 1.20 bits per heavy atom. The maximum Gasteiger partial charge on any atom is 0.115 e. The second kappa shape index (κ2) is 5.49. The SMILES string of the molecule is Cc1ccc(Br)c(NC2CCCc3cc(O)ccc32)c1. The molecule has 3 heteroatoms. The van der Waals surface area contributed by atoms with Crippen molar-refractivity contribution >= 4 is 21.6 Å². The summed E-state index contributed by atoms with van der Waals surface area (Å²) in [5.74, 6) is 0.362. The lowest BCUT2D eigenvalue weighted by atomic mass is 9.87. The van der Waals surface area contributed by atoms with Crippen LogP contribution < -0.4 is 5.32 Å². The highest BCUT2D eigenvalue weighted by Gasteiger charge is 2.20. The van der Waals surface area contributed by atoms with Gasteiger partial charge >= 0.3 is 0 Å². The molecule has 2 nitrogen and oxygen atoms in total. The van der Waals surface area contributed by atoms with E-state index in [1.54, 1.807) is 6.07 Å². The monoisotopic (exact) mass is 331 g/mol. The molecular formula is C17H18BrNO. The van der Waals surface area contributed by atoms with Crippen molar-refractivity contribution in [3.05, 3.63) is 57.6 Å². The Labute approximate surface area is 128 Å². The summed E-state index contributed by atoms with van der Waals surface area (Å²) in [6.45, 7) is 2.10. The van der Waals surface area contributed by atoms with Crippen LogP contribution in [0.15, 0.2) is 40.9 Å². The summed E-state index contributed by atoms with van der Waals surface area (Å²) in [7, 11) is 0. The van der Waals surface area contributed by atoms with Crippen molar-refractivity contribution in [2.75, 3.05) is 5.32 Å². The van der Waals surface area contributed by atoms with Crippen LogP contribution in [0.5, 0.6) is 5.75 Å². The first-order valence-corrected chi connectivity index (χ1v) is 7.77. The summed E-state index contributed by atoms with van der Waals surface area (Å²) in [6.07, 6.45) is 3.33. The van der Waals surface area contributed by atoms with E-state index in [1.807, 2.05) is 12.1 Å². The van der Waals surface area contributed by atoms with Gasteiger partial charge in [0.1, 0.15) is 5.75 Å². The number of hydrogen-bond acceptors (Lipinski definition) is 2. The van der Waals surface area contributed by atoms with Crippen molar-refractivity contribution in [1.29, 1.82) is 0 Å². The molecule has 1 aliphatic rings. The molecule has 0 aliphatic heterocycles. The zero-order valence-corrected chi connectivity index (χ0v) is 13.1. The third-order valence-electron chi connectivity index (χ3n) is 3.89. The van der Waals surface area contributed by atoms with Crippen molar-refractivity contribution in [1.82, 2.24) is 0 Å². The molecule has 0 heterocycles. The van der Waals surface area contributed by atoms with Crippen LogP contribution in [-0.4, -0.2) is 5.11 Å². The van der Waals surface area contributed by atoms with Crippen LogP contribution in [0.2, 0.25) is 0 Å². The lowest BCUT2D eigenvalue weighted by Gasteiger charge is -2.28. The fourth-order valence-electron chi connectivity index (χ4n) is 2.89. The number of phenolic OH excluding ortho intramolecular Hbond substituents is 1. The van der Waals surface area contributed by atoms with Gasteiger partial charge in [-0.05, 0) is 83.1 Å². The minimum atomic E-state index is 0.317. The highest BCUT2D eigenvalue weighted by Crippen LogP contribution is 2.36. The Kier molecular flexibility index (Phi) is 3.70. The lowest BCUT2D eigenvalue weighted by Crippen LogP contribution is -2.17. The molecule has 104 valence electrons. The number of hydrogen-bond donors (Lipinski definition) is 2. The number of fused-ring (bicyclic) bond motifs is 1. The van der Waals surface area contributed by atoms with Gasteiger partial charge in [-0.25, -0.2) is 0 Å². The molecule has 0 aromatic heterocycles. The van der Waals surface area contributed by atoms with Gasteiger partial charge in [0.05, 0.1) is 6.04 Å². The minimum absolute atomic E-state index is 0.317. The molecule has 1 atom stereocenters. The third kappa shape index (κ3) is 2.68. The average Bonchev–Trinajstić information content (AvgIpc) is 2.43. The number of rotatable bonds is 2. The van der Waals surface area contributed by atoms with Gasteiger partial charge in [0.2, 0.25) is 0 Å². The Bertz CT molecular complexity index is 639. The van der Waals surface area contributed by atoms with Gasteiger partial charge < -0.3 is 10.4 Å². The first-order chi connectivity index (χ1) is 9.63. The largest absolute Gasteiger partial charge is 0.508 e. The standard InChI is InChI=1S/C17H18BrNO/c1-11-5-8-15(18)17(9-11)19-16-4-2-3-12-10-13(20)6-7-14(12)16/h5-10,16,19-20H,2-4H2,1H3. The Hall–Kier alpha value is -1.48. The maximum atomic E-state index is 9.62. The van der Waals surface area contributed by atoms with Crippen molar-refractivity contribution in [2.45, 2.75) is 32.2 Å². The molecule has 0 spiro atoms. The van der Waals surface area contributed by atoms with Crippen molar-refractivity contribution < 1.29 is 5.11 Å². The number of anilines is 1. The van der Waals surface area contributed by atoms with Crippen LogP contribution in [0.25, 0.3) is 0 Å². The van der Waals surface area contributed by atoms with E-state index in [4.69, 9.17) is 0 Å². The molecule has 2 aromatic carbocycles. The molecular weight excluding hydrogens is 314 g/mol. The number of halogens is 1. The van der Waals surface area contributed by atoms with Gasteiger partial charge in [-0.1, -0.05) is 12.1 Å². The van der Waals surface area contributed by atoms with Crippen LogP contribution in [0.4, 0.5) is 5.69 Å². The second-order valence-corrected chi connectivity index (χ2v) is 6.31. The number of nitrogens with one attached hydrogen (secondary N) is 1. The van der Waals surface area contributed by atoms with E-state index in [0.717, 1.165) is 29.4 Å². The number of benzene rings is 2. The van der Waals surface area contributed by atoms with E-state index in [0.29, 0.717) is 11.8 Å². The van der Waals surface area contributed by atoms with E-state index < -0.39 is 0 Å². The van der Waals surface area contributed by atoms with Gasteiger partial charge in [-0.3, -0.25) is 0 Å². The fourth-order valence-corrected chi connectivity index (χ4v) is 3.25. The van der Waals surface area contributed by atoms with Gasteiger partial charge in [-0.15, -0.1) is 0 Å². The maximum absolute atomic E-state index is 9.62. The van der Waals surface area contributed by atoms with E-state index >= 15 is 0 Å². The lowest BCUT2D eigenvalue weighted by molar-refractivity contribution is 0.472. The van der Waals surface area contributed by atoms with Gasteiger partial charge in [0.25, 0.3) is 0 Å². The van der Waals surface area contributed by atoms with Gasteiger partial charge in [-0.2, -0.15) is 0 Å². The van der Waals surface area contributed by atoms with Crippen LogP contribution in [-0.2, 0) is 6.42 Å². The highest BCUT2D eigenvalue weighted by atomic mass is 79.9. The third-order valence-corrected chi connectivity index (χ3v) is 4.58. The van der Waals surface area contributed by atoms with Crippen molar-refractivity contribution in [3.8, 4) is 5.75 Å². The quantitative estimate of drug-likeness (QED) is 0.815. The van der Waals surface area contributed by atoms with Gasteiger partial charge in [0.15, 0.2) is 0 Å². The summed E-state index contributed by atoms with van der Waals surface area (Å²) < 4.78 is 1.09. The Morgan fingerprint density at radius 3 is 2.90 bits per heavy atom. The highest BCUT2D eigenvalue weighted by molar-refractivity contribution is 9.10. The Morgan fingerprint density at radius 2 is 2.05 bits per heavy atom. The van der Waals surface area contributed by atoms with Crippen LogP contribution in [0.3, 0.4) is 0 Å². The van der Waals surface area contributed by atoms with Crippen molar-refractivity contribution in [2.24, 2.45) is 0 Å². The van der Waals surface area contributed by atoms with E-state index in [2.05, 4.69) is 46.4 Å². The van der Waals surface area contributed by atoms with Crippen LogP contribution >= 0.6 is 15.9 Å². The number of aromatic hydroxyl groups is 1. The number of phenols is 1. The smallest absolute Gasteiger partial charge is 0.115 e. The summed E-state index contributed by atoms with van der Waals surface area (Å²) >= 11 is 3.61. The van der Waals surface area contributed by atoms with Gasteiger partial charge in [0, 0.05) is 10.2 Å². The summed E-state index contributed by atoms with van der Waals surface area (Å²) in [5.41, 5.74) is 4.95. The van der Waals surface area contributed by atoms with Crippen molar-refractivity contribution in [3.63, 3.8) is 0 Å². The molecule has 0 saturated carbocycles. The van der Waals surface area contributed by atoms with Crippen LogP contribution in [0, 0.1) is 6.92 Å². The molecule has 3 rings (SSSR count). The topological polar surface area (TPSA) is 32.3 Å². The fraction of sp³-hybridized carbons (Fsp3) is 0.294. The molecule has 0 bridgehead atoms. The molecule has 1 aliphatic carbocycles. The summed E-state index contributed by atoms with van der Waals surface area (Å²) in [4.78, 5) is 0. The zero-order valence-electron chi connectivity index (χ0n) is 11.5. The normalized spacial score (nSPS) is 17.6. The van der Waals surface area contributed by atoms with E-state index in [1.165, 1.54) is 16.7 Å². The first-order valence-electron chi connectivity index (χ1n) is 6.98. The molecule has 0 saturated heterocycles. The summed E-state index contributed by atoms with van der Waals surface area (Å²) in [5, 5.41) is 13.3. The molecule has 0 fully saturated rings. The molecule has 0 amide bonds. The average molecular weight is 332 g/mol. The predicted octanol–water partition coefficient (Wildman–Crippen LogP) is 4.95. The number of aryl methyl sites for hydroxylation is 2. The minimum Gasteiger partial charge on any atom is -0.508 e. The zero-order chi connectivity index (χ0) is 14.1. The molecule has 0 radical (unpaired) electrons. The Balaban J connectivity index is 1.91. The summed E-state index contributed by atoms with van der Waals surface area (Å²) in [6, 6.07) is 12.4. The molecule has 20 heavy (non-hydrogen) atoms. The molecule has 2 aromatic rings. The molecule has 2 N–H and O–H groups in total. The van der Waals surface area contributed by atoms with E-state index in [9.17, 15) is 5.11 Å². The predicted molar refractivity (Wildman–Crippen MR) is 86.3 cm³/mol. The van der Waals surface area contributed by atoms with Crippen LogP contribution in [0.1, 0.15) is 35.6 Å². The van der Waals surface area contributed by atoms with E-state index in [-0.39, 0.29) is 0 Å². The molecule has 1 unspecified atom stereocenters. The first kappa shape index (κ1) is 13.5. The second-order valence-electron chi connectivity index (χ2n) is 5.46.